The molecule has 2 aromatic rings. The Morgan fingerprint density at radius 2 is 1.56 bits per heavy atom. The second-order valence-electron chi connectivity index (χ2n) is 7.11. The molecular weight excluding hydrogens is 349 g/mol. The molecule has 0 aromatic heterocycles. The van der Waals surface area contributed by atoms with Crippen LogP contribution in [0, 0.1) is 11.2 Å². The minimum atomic E-state index is -0.630. The molecule has 0 bridgehead atoms. The van der Waals surface area contributed by atoms with Crippen LogP contribution in [0.15, 0.2) is 42.5 Å². The van der Waals surface area contributed by atoms with Crippen molar-refractivity contribution in [3.8, 4) is 0 Å². The average Bonchev–Trinajstić information content (AvgIpc) is 2.56. The van der Waals surface area contributed by atoms with E-state index in [0.29, 0.717) is 11.4 Å². The molecule has 2 rings (SSSR count). The lowest BCUT2D eigenvalue weighted by Gasteiger charge is -2.18. The van der Waals surface area contributed by atoms with Gasteiger partial charge in [0.25, 0.3) is 5.91 Å². The summed E-state index contributed by atoms with van der Waals surface area (Å²) in [4.78, 5) is 35.7. The minimum Gasteiger partial charge on any atom is -0.326 e. The standard InChI is InChI=1S/C20H22FN3O3/c1-12(25)22-15-8-9-16(21)17(11-15)24-18(26)13-6-5-7-14(10-13)23-19(27)20(2,3)4/h5-11H,1-4H3,(H,22,25)(H,23,27)(H,24,26). The Morgan fingerprint density at radius 3 is 2.19 bits per heavy atom. The van der Waals surface area contributed by atoms with E-state index in [1.165, 1.54) is 25.1 Å². The summed E-state index contributed by atoms with van der Waals surface area (Å²) in [6, 6.07) is 10.2. The third kappa shape index (κ3) is 5.64. The molecule has 6 nitrogen and oxygen atoms in total. The predicted octanol–water partition coefficient (Wildman–Crippen LogP) is 4.02. The van der Waals surface area contributed by atoms with Crippen LogP contribution in [0.3, 0.4) is 0 Å². The zero-order chi connectivity index (χ0) is 20.2. The number of carbonyl (C=O) groups excluding carboxylic acids is 3. The number of hydrogen-bond acceptors (Lipinski definition) is 3. The van der Waals surface area contributed by atoms with Crippen molar-refractivity contribution in [3.05, 3.63) is 53.8 Å². The van der Waals surface area contributed by atoms with E-state index in [1.54, 1.807) is 39.0 Å². The van der Waals surface area contributed by atoms with E-state index in [1.807, 2.05) is 0 Å². The zero-order valence-corrected chi connectivity index (χ0v) is 15.6. The van der Waals surface area contributed by atoms with Gasteiger partial charge in [-0.05, 0) is 36.4 Å². The van der Waals surface area contributed by atoms with E-state index in [4.69, 9.17) is 0 Å². The van der Waals surface area contributed by atoms with Crippen LogP contribution in [0.4, 0.5) is 21.5 Å². The Hall–Kier alpha value is -3.22. The lowest BCUT2D eigenvalue weighted by Crippen LogP contribution is -2.27. The molecule has 0 atom stereocenters. The summed E-state index contributed by atoms with van der Waals surface area (Å²) in [5.41, 5.74) is 0.452. The summed E-state index contributed by atoms with van der Waals surface area (Å²) < 4.78 is 14.0. The van der Waals surface area contributed by atoms with Crippen LogP contribution >= 0.6 is 0 Å². The van der Waals surface area contributed by atoms with Crippen molar-refractivity contribution in [1.82, 2.24) is 0 Å². The number of rotatable bonds is 4. The molecule has 0 fully saturated rings. The zero-order valence-electron chi connectivity index (χ0n) is 15.6. The van der Waals surface area contributed by atoms with Gasteiger partial charge in [-0.1, -0.05) is 26.8 Å². The molecule has 27 heavy (non-hydrogen) atoms. The van der Waals surface area contributed by atoms with Crippen LogP contribution in [0.1, 0.15) is 38.1 Å². The van der Waals surface area contributed by atoms with Crippen molar-refractivity contribution in [3.63, 3.8) is 0 Å². The number of nitrogens with one attached hydrogen (secondary N) is 3. The second-order valence-corrected chi connectivity index (χ2v) is 7.11. The van der Waals surface area contributed by atoms with Crippen LogP contribution < -0.4 is 16.0 Å². The molecular formula is C20H22FN3O3. The third-order valence-electron chi connectivity index (χ3n) is 3.60. The molecule has 0 unspecified atom stereocenters. The Bertz CT molecular complexity index is 888. The lowest BCUT2D eigenvalue weighted by molar-refractivity contribution is -0.123. The van der Waals surface area contributed by atoms with Crippen molar-refractivity contribution in [2.45, 2.75) is 27.7 Å². The molecule has 0 aliphatic heterocycles. The number of hydrogen-bond donors (Lipinski definition) is 3. The molecule has 3 N–H and O–H groups in total. The van der Waals surface area contributed by atoms with Gasteiger partial charge in [0.1, 0.15) is 5.82 Å². The summed E-state index contributed by atoms with van der Waals surface area (Å²) in [7, 11) is 0. The molecule has 142 valence electrons. The van der Waals surface area contributed by atoms with Crippen LogP contribution in [-0.4, -0.2) is 17.7 Å². The van der Waals surface area contributed by atoms with Gasteiger partial charge in [-0.25, -0.2) is 4.39 Å². The highest BCUT2D eigenvalue weighted by Crippen LogP contribution is 2.22. The highest BCUT2D eigenvalue weighted by atomic mass is 19.1. The van der Waals surface area contributed by atoms with Gasteiger partial charge in [0, 0.05) is 29.3 Å². The highest BCUT2D eigenvalue weighted by Gasteiger charge is 2.21. The number of amides is 3. The number of carbonyl (C=O) groups is 3. The quantitative estimate of drug-likeness (QED) is 0.758. The van der Waals surface area contributed by atoms with Crippen LogP contribution in [0.2, 0.25) is 0 Å². The minimum absolute atomic E-state index is 0.0598. The average molecular weight is 371 g/mol. The van der Waals surface area contributed by atoms with Crippen molar-refractivity contribution >= 4 is 34.8 Å². The molecule has 0 heterocycles. The maximum absolute atomic E-state index is 14.0. The first-order valence-corrected chi connectivity index (χ1v) is 8.36. The number of anilines is 3. The van der Waals surface area contributed by atoms with E-state index in [-0.39, 0.29) is 23.1 Å². The van der Waals surface area contributed by atoms with E-state index < -0.39 is 17.1 Å². The van der Waals surface area contributed by atoms with Crippen LogP contribution in [0.5, 0.6) is 0 Å². The molecule has 0 radical (unpaired) electrons. The largest absolute Gasteiger partial charge is 0.326 e. The van der Waals surface area contributed by atoms with Crippen molar-refractivity contribution < 1.29 is 18.8 Å². The van der Waals surface area contributed by atoms with Gasteiger partial charge >= 0.3 is 0 Å². The maximum Gasteiger partial charge on any atom is 0.255 e. The molecule has 2 aromatic carbocycles. The molecule has 0 saturated carbocycles. The van der Waals surface area contributed by atoms with E-state index in [0.717, 1.165) is 6.07 Å². The van der Waals surface area contributed by atoms with Gasteiger partial charge < -0.3 is 16.0 Å². The van der Waals surface area contributed by atoms with Crippen molar-refractivity contribution in [2.75, 3.05) is 16.0 Å². The molecule has 0 saturated heterocycles. The molecule has 0 spiro atoms. The molecule has 0 aliphatic rings. The summed E-state index contributed by atoms with van der Waals surface area (Å²) in [5, 5.41) is 7.74. The maximum atomic E-state index is 14.0. The van der Waals surface area contributed by atoms with Crippen molar-refractivity contribution in [1.29, 1.82) is 0 Å². The van der Waals surface area contributed by atoms with Gasteiger partial charge in [0.05, 0.1) is 5.69 Å². The van der Waals surface area contributed by atoms with Gasteiger partial charge in [0.15, 0.2) is 0 Å². The smallest absolute Gasteiger partial charge is 0.255 e. The second kappa shape index (κ2) is 7.99. The Labute approximate surface area is 157 Å². The van der Waals surface area contributed by atoms with E-state index >= 15 is 0 Å². The number of benzene rings is 2. The third-order valence-corrected chi connectivity index (χ3v) is 3.60. The summed E-state index contributed by atoms with van der Waals surface area (Å²) in [5.74, 6) is -1.66. The first-order valence-electron chi connectivity index (χ1n) is 8.36. The highest BCUT2D eigenvalue weighted by molar-refractivity contribution is 6.06. The summed E-state index contributed by atoms with van der Waals surface area (Å²) >= 11 is 0. The van der Waals surface area contributed by atoms with Gasteiger partial charge in [-0.2, -0.15) is 0 Å². The molecule has 0 aliphatic carbocycles. The predicted molar refractivity (Wildman–Crippen MR) is 103 cm³/mol. The van der Waals surface area contributed by atoms with Gasteiger partial charge in [0.2, 0.25) is 11.8 Å². The van der Waals surface area contributed by atoms with Gasteiger partial charge in [-0.15, -0.1) is 0 Å². The number of halogens is 1. The topological polar surface area (TPSA) is 87.3 Å². The Morgan fingerprint density at radius 1 is 0.889 bits per heavy atom. The lowest BCUT2D eigenvalue weighted by atomic mass is 9.95. The SMILES string of the molecule is CC(=O)Nc1ccc(F)c(NC(=O)c2cccc(NC(=O)C(C)(C)C)c2)c1. The summed E-state index contributed by atoms with van der Waals surface area (Å²) in [6.07, 6.45) is 0. The van der Waals surface area contributed by atoms with Gasteiger partial charge in [-0.3, -0.25) is 14.4 Å². The van der Waals surface area contributed by atoms with E-state index in [9.17, 15) is 18.8 Å². The first-order chi connectivity index (χ1) is 12.6. The molecule has 7 heteroatoms. The fraction of sp³-hybridized carbons (Fsp3) is 0.250. The first kappa shape index (κ1) is 20.1. The van der Waals surface area contributed by atoms with Crippen molar-refractivity contribution in [2.24, 2.45) is 5.41 Å². The normalized spacial score (nSPS) is 10.9. The summed E-state index contributed by atoms with van der Waals surface area (Å²) in [6.45, 7) is 6.68. The Kier molecular flexibility index (Phi) is 5.95. The Balaban J connectivity index is 2.18. The van der Waals surface area contributed by atoms with E-state index in [2.05, 4.69) is 16.0 Å². The van der Waals surface area contributed by atoms with Crippen LogP contribution in [-0.2, 0) is 9.59 Å². The van der Waals surface area contributed by atoms with Crippen LogP contribution in [0.25, 0.3) is 0 Å². The fourth-order valence-electron chi connectivity index (χ4n) is 2.15. The monoisotopic (exact) mass is 371 g/mol. The molecule has 3 amide bonds. The fourth-order valence-corrected chi connectivity index (χ4v) is 2.15.